The van der Waals surface area contributed by atoms with E-state index in [0.29, 0.717) is 16.7 Å². The minimum atomic E-state index is -2.09. The monoisotopic (exact) mass is 420 g/mol. The van der Waals surface area contributed by atoms with Crippen molar-refractivity contribution in [2.45, 2.75) is 31.5 Å². The topological polar surface area (TPSA) is 138 Å². The summed E-state index contributed by atoms with van der Waals surface area (Å²) < 4.78 is 4.60. The summed E-state index contributed by atoms with van der Waals surface area (Å²) in [6.45, 7) is 1.77. The van der Waals surface area contributed by atoms with Crippen molar-refractivity contribution < 1.29 is 38.6 Å². The number of fused-ring (bicyclic) bond motifs is 1. The standard InChI is InChI=1S/C18H16N2O8S/c1-8(21)7-28-18(27)16(26)20-15(25)12(17(20)29-9(2)22)19-13(23)10-5-3-4-6-11(10)14(19)24/h3-6,12,16-17,26H,7H2,1-2H3/t12-,16?,17-/m1/s1. The highest BCUT2D eigenvalue weighted by Crippen LogP contribution is 2.39. The molecule has 1 N–H and O–H groups in total. The Balaban J connectivity index is 1.86. The molecule has 2 aliphatic rings. The molecule has 2 heterocycles. The number of amides is 3. The zero-order chi connectivity index (χ0) is 21.5. The van der Waals surface area contributed by atoms with E-state index in [2.05, 4.69) is 4.74 Å². The Morgan fingerprint density at radius 1 is 1.10 bits per heavy atom. The number of carbonyl (C=O) groups excluding carboxylic acids is 6. The number of hydrogen-bond acceptors (Lipinski definition) is 9. The molecule has 0 radical (unpaired) electrons. The first-order valence-electron chi connectivity index (χ1n) is 8.45. The summed E-state index contributed by atoms with van der Waals surface area (Å²) in [4.78, 5) is 73.9. The van der Waals surface area contributed by atoms with Gasteiger partial charge in [-0.3, -0.25) is 33.8 Å². The van der Waals surface area contributed by atoms with E-state index in [9.17, 15) is 33.9 Å². The molecule has 0 aliphatic carbocycles. The van der Waals surface area contributed by atoms with Gasteiger partial charge in [0.25, 0.3) is 17.7 Å². The summed E-state index contributed by atoms with van der Waals surface area (Å²) >= 11 is 0.586. The molecule has 0 saturated carbocycles. The summed E-state index contributed by atoms with van der Waals surface area (Å²) in [7, 11) is 0. The lowest BCUT2D eigenvalue weighted by molar-refractivity contribution is -0.184. The van der Waals surface area contributed by atoms with Crippen LogP contribution >= 0.6 is 11.8 Å². The molecule has 1 aromatic carbocycles. The number of aliphatic hydroxyl groups excluding tert-OH is 1. The number of Topliss-reactive ketones (excluding diaryl/α,β-unsaturated/α-hetero) is 1. The maximum Gasteiger partial charge on any atom is 0.357 e. The number of rotatable bonds is 6. The number of likely N-dealkylation sites (tertiary alicyclic amines) is 1. The first kappa shape index (κ1) is 20.7. The lowest BCUT2D eigenvalue weighted by Gasteiger charge is -2.49. The van der Waals surface area contributed by atoms with Crippen molar-refractivity contribution >= 4 is 46.4 Å². The van der Waals surface area contributed by atoms with Gasteiger partial charge < -0.3 is 9.84 Å². The molecule has 3 atom stereocenters. The lowest BCUT2D eigenvalue weighted by Crippen LogP contribution is -2.73. The molecule has 11 heteroatoms. The van der Waals surface area contributed by atoms with Crippen molar-refractivity contribution in [2.75, 3.05) is 6.61 Å². The third-order valence-corrected chi connectivity index (χ3v) is 5.39. The minimum Gasteiger partial charge on any atom is -0.454 e. The van der Waals surface area contributed by atoms with Gasteiger partial charge in [0.15, 0.2) is 10.9 Å². The van der Waals surface area contributed by atoms with Crippen LogP contribution in [0.15, 0.2) is 24.3 Å². The highest BCUT2D eigenvalue weighted by Gasteiger charge is 2.60. The van der Waals surface area contributed by atoms with Crippen LogP contribution in [0.3, 0.4) is 0 Å². The Hall–Kier alpha value is -3.05. The molecule has 10 nitrogen and oxygen atoms in total. The minimum absolute atomic E-state index is 0.122. The number of nitrogens with zero attached hydrogens (tertiary/aromatic N) is 2. The quantitative estimate of drug-likeness (QED) is 0.368. The highest BCUT2D eigenvalue weighted by molar-refractivity contribution is 8.14. The fourth-order valence-corrected chi connectivity index (χ4v) is 4.12. The van der Waals surface area contributed by atoms with E-state index in [0.717, 1.165) is 4.90 Å². The molecular weight excluding hydrogens is 404 g/mol. The van der Waals surface area contributed by atoms with Crippen LogP contribution in [-0.2, 0) is 23.9 Å². The highest BCUT2D eigenvalue weighted by atomic mass is 32.2. The largest absolute Gasteiger partial charge is 0.454 e. The van der Waals surface area contributed by atoms with Crippen molar-refractivity contribution in [1.82, 2.24) is 9.80 Å². The molecule has 29 heavy (non-hydrogen) atoms. The van der Waals surface area contributed by atoms with Crippen molar-refractivity contribution in [1.29, 1.82) is 0 Å². The number of thioether (sulfide) groups is 1. The Labute approximate surface area is 168 Å². The Morgan fingerprint density at radius 3 is 2.14 bits per heavy atom. The van der Waals surface area contributed by atoms with Crippen LogP contribution in [0.2, 0.25) is 0 Å². The second-order valence-electron chi connectivity index (χ2n) is 6.40. The van der Waals surface area contributed by atoms with Gasteiger partial charge >= 0.3 is 5.97 Å². The van der Waals surface area contributed by atoms with Crippen molar-refractivity contribution in [3.8, 4) is 0 Å². The summed E-state index contributed by atoms with van der Waals surface area (Å²) in [6.07, 6.45) is -2.09. The summed E-state index contributed by atoms with van der Waals surface area (Å²) in [6, 6.07) is 4.65. The number of aliphatic hydroxyl groups is 1. The second-order valence-corrected chi connectivity index (χ2v) is 7.69. The fourth-order valence-electron chi connectivity index (χ4n) is 3.08. The molecule has 0 spiro atoms. The maximum absolute atomic E-state index is 12.7. The van der Waals surface area contributed by atoms with Crippen LogP contribution in [0.25, 0.3) is 0 Å². The van der Waals surface area contributed by atoms with E-state index in [1.54, 1.807) is 12.1 Å². The van der Waals surface area contributed by atoms with Gasteiger partial charge in [-0.25, -0.2) is 4.79 Å². The van der Waals surface area contributed by atoms with Gasteiger partial charge in [0, 0.05) is 6.92 Å². The van der Waals surface area contributed by atoms with E-state index in [1.165, 1.54) is 26.0 Å². The van der Waals surface area contributed by atoms with Crippen molar-refractivity contribution in [3.05, 3.63) is 35.4 Å². The number of esters is 1. The molecule has 1 aromatic rings. The van der Waals surface area contributed by atoms with Crippen LogP contribution in [0.1, 0.15) is 34.6 Å². The van der Waals surface area contributed by atoms with Crippen LogP contribution < -0.4 is 0 Å². The molecule has 152 valence electrons. The smallest absolute Gasteiger partial charge is 0.357 e. The predicted octanol–water partition coefficient (Wildman–Crippen LogP) is -0.450. The number of benzene rings is 1. The summed E-state index contributed by atoms with van der Waals surface area (Å²) in [5, 5.41) is 8.54. The second kappa shape index (κ2) is 7.76. The van der Waals surface area contributed by atoms with E-state index in [1.807, 2.05) is 0 Å². The van der Waals surface area contributed by atoms with E-state index < -0.39 is 58.8 Å². The average Bonchev–Trinajstić information content (AvgIpc) is 2.91. The molecular formula is C18H16N2O8S. The molecule has 1 fully saturated rings. The zero-order valence-corrected chi connectivity index (χ0v) is 16.2. The van der Waals surface area contributed by atoms with Gasteiger partial charge in [-0.2, -0.15) is 0 Å². The zero-order valence-electron chi connectivity index (χ0n) is 15.4. The SMILES string of the molecule is CC(=O)COC(=O)C(O)N1C(=O)[C@@H](N2C(=O)c3ccccc3C2=O)[C@H]1SC(C)=O. The van der Waals surface area contributed by atoms with E-state index in [4.69, 9.17) is 0 Å². The van der Waals surface area contributed by atoms with Crippen LogP contribution in [0.5, 0.6) is 0 Å². The Morgan fingerprint density at radius 2 is 1.66 bits per heavy atom. The third-order valence-electron chi connectivity index (χ3n) is 4.33. The predicted molar refractivity (Wildman–Crippen MR) is 97.3 cm³/mol. The van der Waals surface area contributed by atoms with Crippen molar-refractivity contribution in [2.24, 2.45) is 0 Å². The van der Waals surface area contributed by atoms with Gasteiger partial charge in [-0.05, 0) is 19.1 Å². The molecule has 1 saturated heterocycles. The van der Waals surface area contributed by atoms with Gasteiger partial charge in [0.05, 0.1) is 11.1 Å². The maximum atomic E-state index is 12.7. The van der Waals surface area contributed by atoms with E-state index in [-0.39, 0.29) is 11.1 Å². The Bertz CT molecular complexity index is 911. The lowest BCUT2D eigenvalue weighted by atomic mass is 10.0. The molecule has 1 unspecified atom stereocenters. The normalized spacial score (nSPS) is 21.6. The molecule has 0 aromatic heterocycles. The number of β-lactam (4-membered cyclic amide) rings is 1. The fraction of sp³-hybridized carbons (Fsp3) is 0.333. The number of hydrogen-bond donors (Lipinski definition) is 1. The van der Waals surface area contributed by atoms with Crippen LogP contribution in [0, 0.1) is 0 Å². The molecule has 3 amide bonds. The number of imide groups is 1. The third kappa shape index (κ3) is 3.54. The van der Waals surface area contributed by atoms with E-state index >= 15 is 0 Å². The molecule has 2 aliphatic heterocycles. The van der Waals surface area contributed by atoms with Crippen molar-refractivity contribution in [3.63, 3.8) is 0 Å². The van der Waals surface area contributed by atoms with Gasteiger partial charge in [0.1, 0.15) is 18.0 Å². The number of carbonyl (C=O) groups is 6. The molecule has 0 bridgehead atoms. The first-order valence-corrected chi connectivity index (χ1v) is 9.33. The summed E-state index contributed by atoms with van der Waals surface area (Å²) in [5.74, 6) is -4.04. The van der Waals surface area contributed by atoms with Gasteiger partial charge in [-0.1, -0.05) is 23.9 Å². The number of ketones is 1. The summed E-state index contributed by atoms with van der Waals surface area (Å²) in [5.41, 5.74) is 0.244. The number of ether oxygens (including phenoxy) is 1. The van der Waals surface area contributed by atoms with Crippen LogP contribution in [0.4, 0.5) is 0 Å². The average molecular weight is 420 g/mol. The van der Waals surface area contributed by atoms with Gasteiger partial charge in [-0.15, -0.1) is 0 Å². The molecule has 3 rings (SSSR count). The van der Waals surface area contributed by atoms with Gasteiger partial charge in [0.2, 0.25) is 6.23 Å². The Kier molecular flexibility index (Phi) is 5.53. The van der Waals surface area contributed by atoms with Crippen LogP contribution in [-0.4, -0.2) is 73.7 Å². The first-order chi connectivity index (χ1) is 13.6.